The number of benzene rings is 1. The second kappa shape index (κ2) is 15.8. The summed E-state index contributed by atoms with van der Waals surface area (Å²) in [6.07, 6.45) is 12.2. The number of hydrogen-bond donors (Lipinski definition) is 0. The average molecular weight is 451 g/mol. The Morgan fingerprint density at radius 3 is 1.54 bits per heavy atom. The fourth-order valence-corrected chi connectivity index (χ4v) is 4.69. The van der Waals surface area contributed by atoms with Crippen LogP contribution in [0.1, 0.15) is 76.7 Å². The summed E-state index contributed by atoms with van der Waals surface area (Å²) < 4.78 is 67.0. The largest absolute Gasteiger partial charge is 1.00 e. The maximum absolute atomic E-state index is 11.2. The van der Waals surface area contributed by atoms with E-state index in [0.717, 1.165) is 31.4 Å². The van der Waals surface area contributed by atoms with Crippen molar-refractivity contribution in [2.75, 3.05) is 0 Å². The van der Waals surface area contributed by atoms with Gasteiger partial charge in [-0.2, -0.15) is 0 Å². The van der Waals surface area contributed by atoms with Crippen LogP contribution in [0.5, 0.6) is 0 Å². The Labute approximate surface area is 214 Å². The molecule has 0 atom stereocenters. The van der Waals surface area contributed by atoms with Crippen molar-refractivity contribution in [2.45, 2.75) is 87.3 Å². The zero-order chi connectivity index (χ0) is 19.6. The van der Waals surface area contributed by atoms with Gasteiger partial charge in [0.1, 0.15) is 20.2 Å². The molecule has 10 heteroatoms. The van der Waals surface area contributed by atoms with Crippen molar-refractivity contribution in [3.05, 3.63) is 23.8 Å². The van der Waals surface area contributed by atoms with E-state index in [0.29, 0.717) is 12.0 Å². The van der Waals surface area contributed by atoms with Crippen LogP contribution in [0.25, 0.3) is 0 Å². The van der Waals surface area contributed by atoms with Crippen LogP contribution in [-0.4, -0.2) is 25.9 Å². The molecular formula is C18H28Na2O6S2. The molecule has 150 valence electrons. The zero-order valence-electron chi connectivity index (χ0n) is 17.3. The Bertz CT molecular complexity index is 764. The summed E-state index contributed by atoms with van der Waals surface area (Å²) in [6, 6.07) is 3.33. The van der Waals surface area contributed by atoms with Crippen LogP contribution in [0.15, 0.2) is 28.0 Å². The van der Waals surface area contributed by atoms with E-state index in [2.05, 4.69) is 6.92 Å². The number of aryl methyl sites for hydroxylation is 1. The van der Waals surface area contributed by atoms with Crippen LogP contribution in [0.3, 0.4) is 0 Å². The molecule has 0 spiro atoms. The average Bonchev–Trinajstić information content (AvgIpc) is 2.54. The molecule has 6 nitrogen and oxygen atoms in total. The Morgan fingerprint density at radius 2 is 1.11 bits per heavy atom. The summed E-state index contributed by atoms with van der Waals surface area (Å²) in [7, 11) is -10.0. The Balaban J connectivity index is 0. The molecule has 0 amide bonds. The van der Waals surface area contributed by atoms with Crippen LogP contribution >= 0.6 is 0 Å². The van der Waals surface area contributed by atoms with Gasteiger partial charge < -0.3 is 9.11 Å². The van der Waals surface area contributed by atoms with Crippen LogP contribution in [-0.2, 0) is 26.7 Å². The first kappa shape index (κ1) is 31.2. The minimum atomic E-state index is -5.02. The molecule has 0 fully saturated rings. The predicted molar refractivity (Wildman–Crippen MR) is 97.9 cm³/mol. The summed E-state index contributed by atoms with van der Waals surface area (Å²) in [6.45, 7) is 2.20. The molecule has 0 unspecified atom stereocenters. The van der Waals surface area contributed by atoms with Gasteiger partial charge in [-0.3, -0.25) is 0 Å². The summed E-state index contributed by atoms with van der Waals surface area (Å²) in [5.41, 5.74) is 0.548. The fourth-order valence-electron chi connectivity index (χ4n) is 2.93. The SMILES string of the molecule is CCCCCCCCCCCCc1ccc(S(=O)(=O)[O-])c(S(=O)(=O)[O-])c1.[Na+].[Na+]. The molecule has 0 aliphatic heterocycles. The first-order valence-electron chi connectivity index (χ1n) is 9.21. The van der Waals surface area contributed by atoms with Gasteiger partial charge >= 0.3 is 59.1 Å². The van der Waals surface area contributed by atoms with E-state index in [1.807, 2.05) is 0 Å². The number of unbranched alkanes of at least 4 members (excludes halogenated alkanes) is 9. The van der Waals surface area contributed by atoms with E-state index in [1.165, 1.54) is 51.0 Å². The third kappa shape index (κ3) is 12.7. The number of rotatable bonds is 13. The minimum Gasteiger partial charge on any atom is -0.744 e. The van der Waals surface area contributed by atoms with Crippen molar-refractivity contribution in [3.8, 4) is 0 Å². The van der Waals surface area contributed by atoms with Gasteiger partial charge in [0, 0.05) is 0 Å². The summed E-state index contributed by atoms with van der Waals surface area (Å²) >= 11 is 0. The van der Waals surface area contributed by atoms with E-state index in [-0.39, 0.29) is 59.1 Å². The smallest absolute Gasteiger partial charge is 0.744 e. The van der Waals surface area contributed by atoms with Crippen molar-refractivity contribution in [2.24, 2.45) is 0 Å². The predicted octanol–water partition coefficient (Wildman–Crippen LogP) is -2.03. The topological polar surface area (TPSA) is 114 Å². The minimum absolute atomic E-state index is 0. The molecule has 0 N–H and O–H groups in total. The normalized spacial score (nSPS) is 11.5. The zero-order valence-corrected chi connectivity index (χ0v) is 22.9. The molecule has 0 saturated carbocycles. The molecule has 0 bridgehead atoms. The van der Waals surface area contributed by atoms with Gasteiger partial charge in [0.25, 0.3) is 0 Å². The maximum Gasteiger partial charge on any atom is 1.00 e. The van der Waals surface area contributed by atoms with Gasteiger partial charge in [-0.25, -0.2) is 16.8 Å². The van der Waals surface area contributed by atoms with Crippen LogP contribution in [0.4, 0.5) is 0 Å². The Kier molecular flexibility index (Phi) is 17.6. The molecule has 0 aliphatic carbocycles. The first-order valence-corrected chi connectivity index (χ1v) is 12.0. The summed E-state index contributed by atoms with van der Waals surface area (Å²) in [5.74, 6) is 0. The van der Waals surface area contributed by atoms with Gasteiger partial charge in [0.05, 0.1) is 9.79 Å². The summed E-state index contributed by atoms with van der Waals surface area (Å²) in [5, 5.41) is 0. The van der Waals surface area contributed by atoms with Crippen LogP contribution < -0.4 is 59.1 Å². The quantitative estimate of drug-likeness (QED) is 0.194. The van der Waals surface area contributed by atoms with Gasteiger partial charge in [-0.05, 0) is 30.5 Å². The van der Waals surface area contributed by atoms with Crippen LogP contribution in [0.2, 0.25) is 0 Å². The maximum atomic E-state index is 11.2. The fraction of sp³-hybridized carbons (Fsp3) is 0.667. The van der Waals surface area contributed by atoms with E-state index in [4.69, 9.17) is 0 Å². The van der Waals surface area contributed by atoms with E-state index < -0.39 is 30.0 Å². The molecule has 28 heavy (non-hydrogen) atoms. The second-order valence-electron chi connectivity index (χ2n) is 6.62. The van der Waals surface area contributed by atoms with Crippen molar-refractivity contribution < 1.29 is 85.1 Å². The van der Waals surface area contributed by atoms with E-state index in [9.17, 15) is 25.9 Å². The molecule has 1 rings (SSSR count). The molecular weight excluding hydrogens is 422 g/mol. The van der Waals surface area contributed by atoms with E-state index >= 15 is 0 Å². The molecule has 0 aromatic heterocycles. The molecule has 1 aromatic carbocycles. The summed E-state index contributed by atoms with van der Waals surface area (Å²) in [4.78, 5) is -1.92. The first-order chi connectivity index (χ1) is 12.2. The molecule has 0 aliphatic rings. The molecule has 1 aromatic rings. The van der Waals surface area contributed by atoms with Gasteiger partial charge in [0.2, 0.25) is 0 Å². The molecule has 0 radical (unpaired) electrons. The Hall–Kier alpha value is 1.04. The van der Waals surface area contributed by atoms with E-state index in [1.54, 1.807) is 0 Å². The van der Waals surface area contributed by atoms with Crippen molar-refractivity contribution in [1.29, 1.82) is 0 Å². The monoisotopic (exact) mass is 450 g/mol. The third-order valence-electron chi connectivity index (χ3n) is 4.37. The standard InChI is InChI=1S/C18H30O6S2.2Na/c1-2-3-4-5-6-7-8-9-10-11-12-16-13-14-17(25(19,20)21)18(15-16)26(22,23)24;;/h13-15H,2-12H2,1H3,(H,19,20,21)(H,22,23,24);;/q;2*+1/p-2. The van der Waals surface area contributed by atoms with Gasteiger partial charge in [0.15, 0.2) is 0 Å². The molecule has 0 saturated heterocycles. The van der Waals surface area contributed by atoms with Crippen molar-refractivity contribution >= 4 is 20.2 Å². The van der Waals surface area contributed by atoms with Crippen molar-refractivity contribution in [1.82, 2.24) is 0 Å². The van der Waals surface area contributed by atoms with Crippen LogP contribution in [0, 0.1) is 0 Å². The number of hydrogen-bond acceptors (Lipinski definition) is 6. The van der Waals surface area contributed by atoms with Crippen molar-refractivity contribution in [3.63, 3.8) is 0 Å². The van der Waals surface area contributed by atoms with Gasteiger partial charge in [-0.15, -0.1) is 0 Å². The second-order valence-corrected chi connectivity index (χ2v) is 9.32. The third-order valence-corrected chi connectivity index (χ3v) is 6.27. The molecule has 0 heterocycles. The van der Waals surface area contributed by atoms with Gasteiger partial charge in [-0.1, -0.05) is 70.8 Å². The Morgan fingerprint density at radius 1 is 0.679 bits per heavy atom.